The molecule has 0 amide bonds. The van der Waals surface area contributed by atoms with Crippen LogP contribution in [0.1, 0.15) is 43.7 Å². The van der Waals surface area contributed by atoms with E-state index in [-0.39, 0.29) is 12.0 Å². The second-order valence-electron chi connectivity index (χ2n) is 6.25. The fourth-order valence-electron chi connectivity index (χ4n) is 4.03. The fraction of sp³-hybridized carbons (Fsp3) is 0.647. The molecule has 2 unspecified atom stereocenters. The molecule has 4 nitrogen and oxygen atoms in total. The highest BCUT2D eigenvalue weighted by molar-refractivity contribution is 5.43. The number of nitrogens with one attached hydrogen (secondary N) is 1. The second-order valence-corrected chi connectivity index (χ2v) is 6.25. The van der Waals surface area contributed by atoms with E-state index in [1.54, 1.807) is 14.2 Å². The Labute approximate surface area is 126 Å². The van der Waals surface area contributed by atoms with Gasteiger partial charge in [0.15, 0.2) is 0 Å². The smallest absolute Gasteiger partial charge is 0.123 e. The molecule has 21 heavy (non-hydrogen) atoms. The number of methoxy groups -OCH3 is 2. The van der Waals surface area contributed by atoms with E-state index in [4.69, 9.17) is 9.47 Å². The van der Waals surface area contributed by atoms with Gasteiger partial charge in [-0.25, -0.2) is 0 Å². The number of ether oxygens (including phenoxy) is 2. The highest BCUT2D eigenvalue weighted by atomic mass is 16.5. The maximum Gasteiger partial charge on any atom is 0.123 e. The number of benzene rings is 1. The minimum Gasteiger partial charge on any atom is -0.497 e. The largest absolute Gasteiger partial charge is 0.497 e. The lowest BCUT2D eigenvalue weighted by Crippen LogP contribution is -2.53. The van der Waals surface area contributed by atoms with E-state index in [1.807, 2.05) is 18.2 Å². The predicted octanol–water partition coefficient (Wildman–Crippen LogP) is 2.66. The van der Waals surface area contributed by atoms with Crippen LogP contribution in [0.2, 0.25) is 0 Å². The van der Waals surface area contributed by atoms with E-state index in [2.05, 4.69) is 5.32 Å². The molecule has 1 heterocycles. The average molecular weight is 291 g/mol. The summed E-state index contributed by atoms with van der Waals surface area (Å²) in [5.74, 6) is 1.95. The monoisotopic (exact) mass is 291 g/mol. The molecule has 2 N–H and O–H groups in total. The zero-order valence-electron chi connectivity index (χ0n) is 12.9. The summed E-state index contributed by atoms with van der Waals surface area (Å²) in [7, 11) is 3.37. The van der Waals surface area contributed by atoms with Crippen LogP contribution >= 0.6 is 0 Å². The first-order chi connectivity index (χ1) is 10.2. The van der Waals surface area contributed by atoms with Gasteiger partial charge in [0.2, 0.25) is 0 Å². The van der Waals surface area contributed by atoms with Crippen molar-refractivity contribution in [3.8, 4) is 11.5 Å². The zero-order valence-corrected chi connectivity index (χ0v) is 12.9. The molecule has 2 aliphatic rings. The van der Waals surface area contributed by atoms with Crippen LogP contribution in [-0.4, -0.2) is 31.5 Å². The molecule has 1 aromatic rings. The first kappa shape index (κ1) is 14.7. The van der Waals surface area contributed by atoms with Gasteiger partial charge >= 0.3 is 0 Å². The van der Waals surface area contributed by atoms with E-state index >= 15 is 0 Å². The third-order valence-corrected chi connectivity index (χ3v) is 5.16. The molecule has 0 radical (unpaired) electrons. The summed E-state index contributed by atoms with van der Waals surface area (Å²) in [6.07, 6.45) is 5.16. The molecular formula is C17H25NO3. The van der Waals surface area contributed by atoms with Gasteiger partial charge < -0.3 is 19.9 Å². The Kier molecular flexibility index (Phi) is 4.09. The van der Waals surface area contributed by atoms with E-state index in [0.717, 1.165) is 49.3 Å². The third-order valence-electron chi connectivity index (χ3n) is 5.16. The summed E-state index contributed by atoms with van der Waals surface area (Å²) >= 11 is 0. The first-order valence-electron chi connectivity index (χ1n) is 7.85. The van der Waals surface area contributed by atoms with Crippen molar-refractivity contribution in [1.29, 1.82) is 0 Å². The van der Waals surface area contributed by atoms with E-state index in [1.165, 1.54) is 6.42 Å². The van der Waals surface area contributed by atoms with Gasteiger partial charge in [-0.2, -0.15) is 0 Å². The van der Waals surface area contributed by atoms with Crippen molar-refractivity contribution in [3.05, 3.63) is 23.8 Å². The summed E-state index contributed by atoms with van der Waals surface area (Å²) in [6, 6.07) is 6.04. The standard InChI is InChI=1S/C17H25NO3/c1-20-12-6-7-15(21-2)13(11-12)16-14-5-3-4-8-17(14,19)9-10-18-16/h6-7,11,14,16,18-19H,3-5,8-10H2,1-2H3/t14?,16-,17?/m0/s1. The quantitative estimate of drug-likeness (QED) is 0.899. The Morgan fingerprint density at radius 2 is 2.05 bits per heavy atom. The maximum atomic E-state index is 11.0. The van der Waals surface area contributed by atoms with Crippen LogP contribution in [0.5, 0.6) is 11.5 Å². The van der Waals surface area contributed by atoms with E-state index in [0.29, 0.717) is 0 Å². The van der Waals surface area contributed by atoms with Gasteiger partial charge in [-0.3, -0.25) is 0 Å². The fourth-order valence-corrected chi connectivity index (χ4v) is 4.03. The highest BCUT2D eigenvalue weighted by Crippen LogP contribution is 2.47. The van der Waals surface area contributed by atoms with Crippen molar-refractivity contribution < 1.29 is 14.6 Å². The van der Waals surface area contributed by atoms with Crippen LogP contribution < -0.4 is 14.8 Å². The molecule has 0 bridgehead atoms. The molecule has 0 spiro atoms. The van der Waals surface area contributed by atoms with Crippen molar-refractivity contribution in [1.82, 2.24) is 5.32 Å². The summed E-state index contributed by atoms with van der Waals surface area (Å²) in [5.41, 5.74) is 0.573. The molecule has 1 aliphatic heterocycles. The number of piperidine rings is 1. The molecule has 1 saturated carbocycles. The number of rotatable bonds is 3. The van der Waals surface area contributed by atoms with Gasteiger partial charge in [0.1, 0.15) is 11.5 Å². The van der Waals surface area contributed by atoms with Gasteiger partial charge in [-0.1, -0.05) is 12.8 Å². The molecule has 1 aliphatic carbocycles. The summed E-state index contributed by atoms with van der Waals surface area (Å²) in [5, 5.41) is 14.6. The minimum absolute atomic E-state index is 0.133. The SMILES string of the molecule is COc1ccc(OC)c([C@@H]2NCCC3(O)CCCCC23)c1. The lowest BCUT2D eigenvalue weighted by molar-refractivity contribution is -0.0863. The van der Waals surface area contributed by atoms with Crippen LogP contribution in [0, 0.1) is 5.92 Å². The Morgan fingerprint density at radius 3 is 2.81 bits per heavy atom. The molecule has 3 rings (SSSR count). The van der Waals surface area contributed by atoms with Crippen LogP contribution in [-0.2, 0) is 0 Å². The summed E-state index contributed by atoms with van der Waals surface area (Å²) < 4.78 is 10.9. The Morgan fingerprint density at radius 1 is 1.19 bits per heavy atom. The van der Waals surface area contributed by atoms with E-state index < -0.39 is 5.60 Å². The molecule has 4 heteroatoms. The normalized spacial score (nSPS) is 32.3. The van der Waals surface area contributed by atoms with Crippen LogP contribution in [0.15, 0.2) is 18.2 Å². The summed E-state index contributed by atoms with van der Waals surface area (Å²) in [6.45, 7) is 0.845. The number of fused-ring (bicyclic) bond motifs is 1. The van der Waals surface area contributed by atoms with Crippen LogP contribution in [0.3, 0.4) is 0 Å². The third kappa shape index (κ3) is 2.62. The topological polar surface area (TPSA) is 50.7 Å². The average Bonchev–Trinajstić information content (AvgIpc) is 2.53. The van der Waals surface area contributed by atoms with Gasteiger partial charge in [-0.05, 0) is 44.0 Å². The highest BCUT2D eigenvalue weighted by Gasteiger charge is 2.46. The minimum atomic E-state index is -0.526. The van der Waals surface area contributed by atoms with Gasteiger partial charge in [0.05, 0.1) is 19.8 Å². The van der Waals surface area contributed by atoms with Crippen molar-refractivity contribution in [2.75, 3.05) is 20.8 Å². The van der Waals surface area contributed by atoms with Crippen LogP contribution in [0.25, 0.3) is 0 Å². The van der Waals surface area contributed by atoms with E-state index in [9.17, 15) is 5.11 Å². The number of hydrogen-bond donors (Lipinski definition) is 2. The molecule has 1 aromatic carbocycles. The molecule has 0 aromatic heterocycles. The Bertz CT molecular complexity index is 501. The molecular weight excluding hydrogens is 266 g/mol. The molecule has 1 saturated heterocycles. The van der Waals surface area contributed by atoms with Crippen molar-refractivity contribution in [2.45, 2.75) is 43.7 Å². The molecule has 2 fully saturated rings. The van der Waals surface area contributed by atoms with Gasteiger partial charge in [0, 0.05) is 17.5 Å². The number of aliphatic hydroxyl groups is 1. The lowest BCUT2D eigenvalue weighted by Gasteiger charge is -2.48. The summed E-state index contributed by atoms with van der Waals surface area (Å²) in [4.78, 5) is 0. The predicted molar refractivity (Wildman–Crippen MR) is 81.8 cm³/mol. The second kappa shape index (κ2) is 5.85. The number of hydrogen-bond acceptors (Lipinski definition) is 4. The van der Waals surface area contributed by atoms with Crippen LogP contribution in [0.4, 0.5) is 0 Å². The first-order valence-corrected chi connectivity index (χ1v) is 7.85. The van der Waals surface area contributed by atoms with Gasteiger partial charge in [-0.15, -0.1) is 0 Å². The molecule has 116 valence electrons. The van der Waals surface area contributed by atoms with Crippen molar-refractivity contribution >= 4 is 0 Å². The van der Waals surface area contributed by atoms with Crippen molar-refractivity contribution in [2.24, 2.45) is 5.92 Å². The lowest BCUT2D eigenvalue weighted by atomic mass is 9.66. The Hall–Kier alpha value is -1.26. The zero-order chi connectivity index (χ0) is 14.9. The maximum absolute atomic E-state index is 11.0. The van der Waals surface area contributed by atoms with Gasteiger partial charge in [0.25, 0.3) is 0 Å². The van der Waals surface area contributed by atoms with Crippen molar-refractivity contribution in [3.63, 3.8) is 0 Å². The Balaban J connectivity index is 1.98. The molecule has 3 atom stereocenters.